The van der Waals surface area contributed by atoms with Crippen LogP contribution in [0.3, 0.4) is 0 Å². The minimum atomic E-state index is 0.610. The van der Waals surface area contributed by atoms with Crippen LogP contribution in [0.1, 0.15) is 16.7 Å². The average Bonchev–Trinajstić information content (AvgIpc) is 3.09. The standard InChI is InChI=1S/C25H19ClN2O/c1-29-23-11-9-19(10-12-23)20(15-27)14-21-17-28(25-8-3-2-7-24(21)25)16-18-5-4-6-22(26)13-18/h2-14,17H,16H2,1H3/b20-14+. The Bertz CT molecular complexity index is 1230. The molecule has 0 aliphatic carbocycles. The number of ether oxygens (including phenoxy) is 1. The Labute approximate surface area is 175 Å². The van der Waals surface area contributed by atoms with Crippen LogP contribution in [0.15, 0.2) is 79.0 Å². The summed E-state index contributed by atoms with van der Waals surface area (Å²) in [6, 6.07) is 26.0. The van der Waals surface area contributed by atoms with Crippen LogP contribution in [0.5, 0.6) is 5.75 Å². The minimum absolute atomic E-state index is 0.610. The molecule has 4 rings (SSSR count). The fourth-order valence-electron chi connectivity index (χ4n) is 3.46. The maximum Gasteiger partial charge on any atom is 0.118 e. The van der Waals surface area contributed by atoms with Crippen LogP contribution in [0.25, 0.3) is 22.6 Å². The molecule has 0 radical (unpaired) electrons. The van der Waals surface area contributed by atoms with Crippen LogP contribution in [0.4, 0.5) is 0 Å². The number of methoxy groups -OCH3 is 1. The first-order valence-electron chi connectivity index (χ1n) is 9.26. The van der Waals surface area contributed by atoms with Crippen molar-refractivity contribution in [1.82, 2.24) is 4.57 Å². The number of aromatic nitrogens is 1. The number of para-hydroxylation sites is 1. The van der Waals surface area contributed by atoms with E-state index in [9.17, 15) is 5.26 Å². The summed E-state index contributed by atoms with van der Waals surface area (Å²) >= 11 is 6.15. The van der Waals surface area contributed by atoms with Crippen molar-refractivity contribution in [1.29, 1.82) is 5.26 Å². The Kier molecular flexibility index (Phi) is 5.37. The van der Waals surface area contributed by atoms with Crippen LogP contribution in [-0.4, -0.2) is 11.7 Å². The minimum Gasteiger partial charge on any atom is -0.497 e. The molecule has 4 aromatic rings. The molecule has 0 N–H and O–H groups in total. The third kappa shape index (κ3) is 4.03. The maximum atomic E-state index is 9.74. The lowest BCUT2D eigenvalue weighted by Gasteiger charge is -2.05. The lowest BCUT2D eigenvalue weighted by Crippen LogP contribution is -1.97. The van der Waals surface area contributed by atoms with E-state index in [-0.39, 0.29) is 0 Å². The van der Waals surface area contributed by atoms with Gasteiger partial charge in [0.2, 0.25) is 0 Å². The Morgan fingerprint density at radius 1 is 1.07 bits per heavy atom. The monoisotopic (exact) mass is 398 g/mol. The Morgan fingerprint density at radius 2 is 1.86 bits per heavy atom. The highest BCUT2D eigenvalue weighted by Crippen LogP contribution is 2.27. The molecular formula is C25H19ClN2O. The Balaban J connectivity index is 1.77. The van der Waals surface area contributed by atoms with E-state index >= 15 is 0 Å². The summed E-state index contributed by atoms with van der Waals surface area (Å²) in [6.45, 7) is 0.708. The number of rotatable bonds is 5. The van der Waals surface area contributed by atoms with Crippen LogP contribution in [-0.2, 0) is 6.54 Å². The van der Waals surface area contributed by atoms with Gasteiger partial charge in [0.15, 0.2) is 0 Å². The number of fused-ring (bicyclic) bond motifs is 1. The van der Waals surface area contributed by atoms with Gasteiger partial charge in [0.05, 0.1) is 18.8 Å². The summed E-state index contributed by atoms with van der Waals surface area (Å²) < 4.78 is 7.40. The second kappa shape index (κ2) is 8.26. The van der Waals surface area contributed by atoms with Gasteiger partial charge in [0, 0.05) is 34.2 Å². The van der Waals surface area contributed by atoms with E-state index in [0.29, 0.717) is 12.1 Å². The number of hydrogen-bond donors (Lipinski definition) is 0. The van der Waals surface area contributed by atoms with Crippen LogP contribution in [0.2, 0.25) is 5.02 Å². The molecule has 0 amide bonds. The van der Waals surface area contributed by atoms with Crippen molar-refractivity contribution in [2.24, 2.45) is 0 Å². The molecular weight excluding hydrogens is 380 g/mol. The summed E-state index contributed by atoms with van der Waals surface area (Å²) in [6.07, 6.45) is 4.03. The highest BCUT2D eigenvalue weighted by Gasteiger charge is 2.09. The molecule has 0 atom stereocenters. The molecule has 0 unspecified atom stereocenters. The predicted octanol–water partition coefficient (Wildman–Crippen LogP) is 6.42. The van der Waals surface area contributed by atoms with E-state index in [1.165, 1.54) is 0 Å². The molecule has 0 fully saturated rings. The molecule has 0 spiro atoms. The van der Waals surface area contributed by atoms with Gasteiger partial charge in [-0.05, 0) is 59.7 Å². The zero-order valence-corrected chi connectivity index (χ0v) is 16.7. The smallest absolute Gasteiger partial charge is 0.118 e. The topological polar surface area (TPSA) is 37.9 Å². The normalized spacial score (nSPS) is 11.4. The van der Waals surface area contributed by atoms with Crippen molar-refractivity contribution in [3.8, 4) is 11.8 Å². The Morgan fingerprint density at radius 3 is 2.59 bits per heavy atom. The van der Waals surface area contributed by atoms with E-state index in [1.807, 2.05) is 60.7 Å². The van der Waals surface area contributed by atoms with Gasteiger partial charge in [-0.2, -0.15) is 5.26 Å². The van der Waals surface area contributed by atoms with Gasteiger partial charge in [-0.3, -0.25) is 0 Å². The van der Waals surface area contributed by atoms with E-state index < -0.39 is 0 Å². The Hall–Kier alpha value is -3.48. The molecule has 3 nitrogen and oxygen atoms in total. The van der Waals surface area contributed by atoms with E-state index in [2.05, 4.69) is 35.0 Å². The number of halogens is 1. The number of hydrogen-bond acceptors (Lipinski definition) is 2. The summed E-state index contributed by atoms with van der Waals surface area (Å²) in [5.41, 5.74) is 4.73. The molecule has 1 heterocycles. The maximum absolute atomic E-state index is 9.74. The first-order valence-corrected chi connectivity index (χ1v) is 9.64. The molecule has 142 valence electrons. The summed E-state index contributed by atoms with van der Waals surface area (Å²) in [7, 11) is 1.63. The molecule has 1 aromatic heterocycles. The van der Waals surface area contributed by atoms with Crippen molar-refractivity contribution in [3.05, 3.63) is 101 Å². The molecule has 4 heteroatoms. The highest BCUT2D eigenvalue weighted by atomic mass is 35.5. The van der Waals surface area contributed by atoms with E-state index in [1.54, 1.807) is 7.11 Å². The third-order valence-electron chi connectivity index (χ3n) is 4.88. The molecule has 0 aliphatic heterocycles. The second-order valence-corrected chi connectivity index (χ2v) is 7.19. The zero-order chi connectivity index (χ0) is 20.2. The predicted molar refractivity (Wildman–Crippen MR) is 119 cm³/mol. The van der Waals surface area contributed by atoms with Crippen molar-refractivity contribution in [2.45, 2.75) is 6.54 Å². The van der Waals surface area contributed by atoms with Crippen LogP contribution < -0.4 is 4.74 Å². The fraction of sp³-hybridized carbons (Fsp3) is 0.0800. The van der Waals surface area contributed by atoms with Gasteiger partial charge < -0.3 is 9.30 Å². The average molecular weight is 399 g/mol. The third-order valence-corrected chi connectivity index (χ3v) is 5.12. The first kappa shape index (κ1) is 18.9. The number of allylic oxidation sites excluding steroid dienone is 1. The summed E-state index contributed by atoms with van der Waals surface area (Å²) in [5, 5.41) is 11.6. The van der Waals surface area contributed by atoms with Gasteiger partial charge in [0.1, 0.15) is 5.75 Å². The zero-order valence-electron chi connectivity index (χ0n) is 16.0. The van der Waals surface area contributed by atoms with Gasteiger partial charge in [-0.25, -0.2) is 0 Å². The van der Waals surface area contributed by atoms with Crippen LogP contribution in [0, 0.1) is 11.3 Å². The van der Waals surface area contributed by atoms with Crippen molar-refractivity contribution < 1.29 is 4.74 Å². The lowest BCUT2D eigenvalue weighted by atomic mass is 10.0. The summed E-state index contributed by atoms with van der Waals surface area (Å²) in [5.74, 6) is 0.768. The number of benzene rings is 3. The summed E-state index contributed by atoms with van der Waals surface area (Å²) in [4.78, 5) is 0. The van der Waals surface area contributed by atoms with Crippen molar-refractivity contribution in [2.75, 3.05) is 7.11 Å². The van der Waals surface area contributed by atoms with Gasteiger partial charge >= 0.3 is 0 Å². The van der Waals surface area contributed by atoms with Gasteiger partial charge in [-0.15, -0.1) is 0 Å². The molecule has 29 heavy (non-hydrogen) atoms. The van der Waals surface area contributed by atoms with Crippen LogP contribution >= 0.6 is 11.6 Å². The van der Waals surface area contributed by atoms with Crippen molar-refractivity contribution in [3.63, 3.8) is 0 Å². The lowest BCUT2D eigenvalue weighted by molar-refractivity contribution is 0.415. The quantitative estimate of drug-likeness (QED) is 0.364. The van der Waals surface area contributed by atoms with E-state index in [4.69, 9.17) is 16.3 Å². The largest absolute Gasteiger partial charge is 0.497 e. The molecule has 0 saturated heterocycles. The fourth-order valence-corrected chi connectivity index (χ4v) is 3.67. The second-order valence-electron chi connectivity index (χ2n) is 6.76. The van der Waals surface area contributed by atoms with Crippen molar-refractivity contribution >= 4 is 34.2 Å². The number of nitrogens with zero attached hydrogens (tertiary/aromatic N) is 2. The molecule has 3 aromatic carbocycles. The SMILES string of the molecule is COc1ccc(/C(C#N)=C/c2cn(Cc3cccc(Cl)c3)c3ccccc23)cc1. The van der Waals surface area contributed by atoms with Gasteiger partial charge in [-0.1, -0.05) is 41.9 Å². The first-order chi connectivity index (χ1) is 14.2. The molecule has 0 aliphatic rings. The van der Waals surface area contributed by atoms with Gasteiger partial charge in [0.25, 0.3) is 0 Å². The molecule has 0 saturated carbocycles. The highest BCUT2D eigenvalue weighted by molar-refractivity contribution is 6.30. The number of nitriles is 1. The van der Waals surface area contributed by atoms with E-state index in [0.717, 1.165) is 38.4 Å². The molecule has 0 bridgehead atoms.